The van der Waals surface area contributed by atoms with E-state index in [1.165, 1.54) is 13.1 Å². The molecular weight excluding hydrogens is 228 g/mol. The lowest BCUT2D eigenvalue weighted by molar-refractivity contribution is -0.106. The van der Waals surface area contributed by atoms with Gasteiger partial charge in [-0.15, -0.1) is 0 Å². The molecule has 1 unspecified atom stereocenters. The summed E-state index contributed by atoms with van der Waals surface area (Å²) in [5.41, 5.74) is -1.92. The molecule has 2 aliphatic heterocycles. The van der Waals surface area contributed by atoms with Crippen LogP contribution in [0.15, 0.2) is 12.3 Å². The zero-order chi connectivity index (χ0) is 14.4. The molecule has 7 nitrogen and oxygen atoms in total. The van der Waals surface area contributed by atoms with Crippen molar-refractivity contribution in [2.45, 2.75) is 31.0 Å². The second kappa shape index (κ2) is 4.26. The normalized spacial score (nSPS) is 44.4. The van der Waals surface area contributed by atoms with Crippen LogP contribution in [-0.2, 0) is 4.74 Å². The van der Waals surface area contributed by atoms with E-state index in [4.69, 9.17) is 7.48 Å². The molecule has 0 radical (unpaired) electrons. The number of rotatable bonds is 2. The van der Waals surface area contributed by atoms with E-state index in [0.29, 0.717) is 6.54 Å². The highest BCUT2D eigenvalue weighted by Crippen LogP contribution is 2.33. The lowest BCUT2D eigenvalue weighted by Gasteiger charge is -2.34. The highest BCUT2D eigenvalue weighted by atomic mass is 16.6. The van der Waals surface area contributed by atoms with E-state index in [9.17, 15) is 20.1 Å². The number of carbonyl (C=O) groups is 1. The van der Waals surface area contributed by atoms with Gasteiger partial charge in [0.2, 0.25) is 0 Å². The summed E-state index contributed by atoms with van der Waals surface area (Å²) in [5.74, 6) is 0. The molecule has 2 amide bonds. The molecule has 0 aliphatic carbocycles. The number of carbonyl (C=O) groups excluding carboxylic acids is 1. The predicted molar refractivity (Wildman–Crippen MR) is 56.8 cm³/mol. The Hall–Kier alpha value is -1.15. The molecule has 1 saturated heterocycles. The molecule has 0 saturated carbocycles. The summed E-state index contributed by atoms with van der Waals surface area (Å²) in [6, 6.07) is -0.542. The Bertz CT molecular complexity index is 409. The number of ether oxygens (including phenoxy) is 1. The lowest BCUT2D eigenvalue weighted by atomic mass is 9.96. The quantitative estimate of drug-likeness (QED) is 0.468. The first-order valence-electron chi connectivity index (χ1n) is 6.17. The van der Waals surface area contributed by atoms with Crippen molar-refractivity contribution >= 4 is 6.03 Å². The van der Waals surface area contributed by atoms with Gasteiger partial charge in [0, 0.05) is 12.7 Å². The molecule has 0 aromatic heterocycles. The number of nitrogens with zero attached hydrogens (tertiary/aromatic N) is 1. The number of hydrogen-bond donors (Lipinski definition) is 4. The van der Waals surface area contributed by atoms with E-state index >= 15 is 0 Å². The van der Waals surface area contributed by atoms with E-state index in [0.717, 1.165) is 4.90 Å². The number of amides is 2. The highest BCUT2D eigenvalue weighted by molar-refractivity contribution is 5.76. The van der Waals surface area contributed by atoms with Crippen molar-refractivity contribution in [3.63, 3.8) is 0 Å². The van der Waals surface area contributed by atoms with Crippen LogP contribution in [-0.4, -0.2) is 63.4 Å². The van der Waals surface area contributed by atoms with E-state index in [2.05, 4.69) is 5.32 Å². The van der Waals surface area contributed by atoms with Gasteiger partial charge in [0.05, 0.1) is 9.30 Å². The molecule has 7 heteroatoms. The molecule has 4 N–H and O–H groups in total. The molecule has 0 aromatic rings. The van der Waals surface area contributed by atoms with Gasteiger partial charge in [0.1, 0.15) is 17.8 Å². The first-order chi connectivity index (χ1) is 8.65. The van der Waals surface area contributed by atoms with Crippen LogP contribution in [0, 0.1) is 0 Å². The molecule has 0 spiro atoms. The Morgan fingerprint density at radius 1 is 1.82 bits per heavy atom. The first kappa shape index (κ1) is 9.84. The van der Waals surface area contributed by atoms with Crippen molar-refractivity contribution in [1.29, 1.82) is 0 Å². The van der Waals surface area contributed by atoms with E-state index in [1.54, 1.807) is 6.08 Å². The molecule has 2 heterocycles. The monoisotopic (exact) mass is 246 g/mol. The smallest absolute Gasteiger partial charge is 0.323 e. The molecule has 2 rings (SSSR count). The third-order valence-corrected chi connectivity index (χ3v) is 2.91. The number of aliphatic hydroxyl groups excluding tert-OH is 1. The second-order valence-corrected chi connectivity index (χ2v) is 4.19. The Morgan fingerprint density at radius 3 is 3.06 bits per heavy atom. The van der Waals surface area contributed by atoms with E-state index in [-0.39, 0.29) is 0 Å². The van der Waals surface area contributed by atoms with Crippen molar-refractivity contribution in [3.8, 4) is 0 Å². The Morgan fingerprint density at radius 2 is 2.53 bits per heavy atom. The van der Waals surface area contributed by atoms with Gasteiger partial charge >= 0.3 is 6.03 Å². The van der Waals surface area contributed by atoms with Crippen LogP contribution in [0.4, 0.5) is 4.79 Å². The minimum atomic E-state index is -2.84. The third kappa shape index (κ3) is 1.91. The lowest BCUT2D eigenvalue weighted by Crippen LogP contribution is -2.56. The molecule has 0 bridgehead atoms. The van der Waals surface area contributed by atoms with Crippen molar-refractivity contribution < 1.29 is 27.6 Å². The Kier molecular flexibility index (Phi) is 2.47. The van der Waals surface area contributed by atoms with Gasteiger partial charge in [0.15, 0.2) is 6.23 Å². The number of hydrogen-bond acceptors (Lipinski definition) is 5. The van der Waals surface area contributed by atoms with E-state index < -0.39 is 36.6 Å². The molecule has 0 aromatic carbocycles. The number of nitrogens with one attached hydrogen (secondary N) is 1. The average molecular weight is 246 g/mol. The standard InChI is InChI=1S/C10H16N2O5/c1-10(16)7(14)6(5-13)17-8(10)12-4-2-3-11-9(12)15/h2,4,6-8,13-14,16H,3,5H2,1H3,(H,11,15)/t6-,7-,8?,10-/m1/s1/i5D2. The van der Waals surface area contributed by atoms with Gasteiger partial charge in [-0.3, -0.25) is 4.90 Å². The predicted octanol–water partition coefficient (Wildman–Crippen LogP) is -1.65. The van der Waals surface area contributed by atoms with Crippen molar-refractivity contribution in [1.82, 2.24) is 10.2 Å². The molecule has 96 valence electrons. The fraction of sp³-hybridized carbons (Fsp3) is 0.700. The van der Waals surface area contributed by atoms with E-state index in [1.807, 2.05) is 0 Å². The zero-order valence-electron chi connectivity index (χ0n) is 11.2. The molecule has 17 heavy (non-hydrogen) atoms. The third-order valence-electron chi connectivity index (χ3n) is 2.91. The summed E-state index contributed by atoms with van der Waals surface area (Å²) in [5, 5.41) is 31.9. The van der Waals surface area contributed by atoms with Crippen molar-refractivity contribution in [2.75, 3.05) is 13.1 Å². The second-order valence-electron chi connectivity index (χ2n) is 4.19. The summed E-state index contributed by atoms with van der Waals surface area (Å²) in [7, 11) is 0. The summed E-state index contributed by atoms with van der Waals surface area (Å²) < 4.78 is 19.5. The van der Waals surface area contributed by atoms with Gasteiger partial charge in [-0.1, -0.05) is 0 Å². The maximum absolute atomic E-state index is 11.7. The van der Waals surface area contributed by atoms with Crippen molar-refractivity contribution in [2.24, 2.45) is 0 Å². The van der Waals surface area contributed by atoms with Crippen LogP contribution >= 0.6 is 0 Å². The summed E-state index contributed by atoms with van der Waals surface area (Å²) in [4.78, 5) is 12.7. The summed E-state index contributed by atoms with van der Waals surface area (Å²) in [6.45, 7) is -1.30. The van der Waals surface area contributed by atoms with Crippen LogP contribution in [0.3, 0.4) is 0 Å². The SMILES string of the molecule is [2H]C([2H])(O)[C@H]1OC(N2C=CCNC2=O)[C@](C)(O)[C@@H]1O. The van der Waals surface area contributed by atoms with Gasteiger partial charge in [0.25, 0.3) is 0 Å². The molecule has 1 fully saturated rings. The topological polar surface area (TPSA) is 102 Å². The number of aliphatic hydroxyl groups is 3. The zero-order valence-corrected chi connectivity index (χ0v) is 9.20. The Labute approximate surface area is 101 Å². The maximum atomic E-state index is 11.7. The minimum Gasteiger partial charge on any atom is -0.394 e. The number of urea groups is 1. The first-order valence-corrected chi connectivity index (χ1v) is 5.17. The van der Waals surface area contributed by atoms with Crippen LogP contribution in [0.1, 0.15) is 9.67 Å². The van der Waals surface area contributed by atoms with Crippen LogP contribution in [0.5, 0.6) is 0 Å². The van der Waals surface area contributed by atoms with Gasteiger partial charge < -0.3 is 25.4 Å². The fourth-order valence-corrected chi connectivity index (χ4v) is 1.91. The van der Waals surface area contributed by atoms with Crippen LogP contribution in [0.25, 0.3) is 0 Å². The summed E-state index contributed by atoms with van der Waals surface area (Å²) >= 11 is 0. The molecular formula is C10H16N2O5. The van der Waals surface area contributed by atoms with Gasteiger partial charge in [-0.25, -0.2) is 4.79 Å². The van der Waals surface area contributed by atoms with Gasteiger partial charge in [-0.2, -0.15) is 0 Å². The largest absolute Gasteiger partial charge is 0.394 e. The Balaban J connectivity index is 2.29. The summed E-state index contributed by atoms with van der Waals surface area (Å²) in [6.07, 6.45) is -1.66. The van der Waals surface area contributed by atoms with Crippen molar-refractivity contribution in [3.05, 3.63) is 12.3 Å². The molecule has 4 atom stereocenters. The molecule has 2 aliphatic rings. The van der Waals surface area contributed by atoms with Crippen LogP contribution < -0.4 is 5.32 Å². The van der Waals surface area contributed by atoms with Gasteiger partial charge in [-0.05, 0) is 13.0 Å². The van der Waals surface area contributed by atoms with Crippen LogP contribution in [0.2, 0.25) is 0 Å². The minimum absolute atomic E-state index is 0.330. The highest BCUT2D eigenvalue weighted by Gasteiger charge is 2.55. The fourth-order valence-electron chi connectivity index (χ4n) is 1.91. The maximum Gasteiger partial charge on any atom is 0.323 e. The average Bonchev–Trinajstić information content (AvgIpc) is 2.52.